The fourth-order valence-electron chi connectivity index (χ4n) is 8.61. The number of carbonyl (C=O) groups is 4. The number of nitrogens with zero attached hydrogens (tertiary/aromatic N) is 8. The third kappa shape index (κ3) is 9.45. The number of piperidine rings is 2. The second kappa shape index (κ2) is 18.0. The van der Waals surface area contributed by atoms with Crippen LogP contribution in [0.5, 0.6) is 5.75 Å². The van der Waals surface area contributed by atoms with Crippen molar-refractivity contribution in [3.05, 3.63) is 72.1 Å². The van der Waals surface area contributed by atoms with E-state index in [0.29, 0.717) is 30.2 Å². The van der Waals surface area contributed by atoms with Crippen molar-refractivity contribution >= 4 is 40.6 Å². The van der Waals surface area contributed by atoms with Gasteiger partial charge in [0.25, 0.3) is 11.8 Å². The Balaban J connectivity index is 0.700. The normalized spacial score (nSPS) is 22.0. The number of likely N-dealkylation sites (tertiary alicyclic amines) is 1. The van der Waals surface area contributed by atoms with E-state index in [-0.39, 0.29) is 48.2 Å². The van der Waals surface area contributed by atoms with Gasteiger partial charge >= 0.3 is 0 Å². The van der Waals surface area contributed by atoms with Gasteiger partial charge in [-0.25, -0.2) is 19.9 Å². The molecule has 8 rings (SSSR count). The molecule has 3 aliphatic heterocycles. The maximum atomic E-state index is 13.0. The molecule has 306 valence electrons. The lowest BCUT2D eigenvalue weighted by atomic mass is 9.86. The second-order valence-electron chi connectivity index (χ2n) is 16.1. The zero-order valence-electron chi connectivity index (χ0n) is 33.1. The summed E-state index contributed by atoms with van der Waals surface area (Å²) in [6.45, 7) is 10.4. The van der Waals surface area contributed by atoms with Crippen LogP contribution in [0, 0.1) is 12.8 Å². The minimum atomic E-state index is -0.386. The van der Waals surface area contributed by atoms with Crippen LogP contribution in [0.4, 0.5) is 5.82 Å². The molecule has 16 heteroatoms. The van der Waals surface area contributed by atoms with Crippen LogP contribution < -0.4 is 20.7 Å². The maximum Gasteiger partial charge on any atom is 0.270 e. The van der Waals surface area contributed by atoms with Gasteiger partial charge in [-0.1, -0.05) is 18.2 Å². The molecule has 3 N–H and O–H groups in total. The molecule has 4 amide bonds. The van der Waals surface area contributed by atoms with Gasteiger partial charge in [-0.05, 0) is 87.7 Å². The van der Waals surface area contributed by atoms with Crippen molar-refractivity contribution in [1.29, 1.82) is 0 Å². The first-order valence-electron chi connectivity index (χ1n) is 20.7. The minimum Gasteiger partial charge on any atom is -0.484 e. The van der Waals surface area contributed by atoms with Gasteiger partial charge in [0.05, 0.1) is 12.2 Å². The summed E-state index contributed by atoms with van der Waals surface area (Å²) in [6, 6.07) is 13.1. The first kappa shape index (κ1) is 39.4. The molecule has 0 radical (unpaired) electrons. The number of hydrogen-bond donors (Lipinski definition) is 3. The first-order valence-corrected chi connectivity index (χ1v) is 20.7. The molecule has 1 atom stereocenters. The van der Waals surface area contributed by atoms with Gasteiger partial charge in [-0.15, -0.1) is 0 Å². The molecular weight excluding hydrogens is 739 g/mol. The fourth-order valence-corrected chi connectivity index (χ4v) is 8.61. The molecule has 4 fully saturated rings. The topological polar surface area (TPSA) is 180 Å². The van der Waals surface area contributed by atoms with E-state index in [1.165, 1.54) is 0 Å². The lowest BCUT2D eigenvalue weighted by molar-refractivity contribution is -0.135. The highest BCUT2D eigenvalue weighted by atomic mass is 16.5. The Morgan fingerprint density at radius 3 is 2.52 bits per heavy atom. The number of nitrogens with one attached hydrogen (secondary N) is 3. The van der Waals surface area contributed by atoms with Crippen molar-refractivity contribution in [2.45, 2.75) is 69.9 Å². The van der Waals surface area contributed by atoms with E-state index in [2.05, 4.69) is 50.3 Å². The Kier molecular flexibility index (Phi) is 12.2. The van der Waals surface area contributed by atoms with Crippen LogP contribution >= 0.6 is 0 Å². The molecule has 58 heavy (non-hydrogen) atoms. The van der Waals surface area contributed by atoms with Crippen LogP contribution in [0.1, 0.15) is 78.7 Å². The molecule has 1 aliphatic carbocycles. The predicted octanol–water partition coefficient (Wildman–Crippen LogP) is 2.92. The second-order valence-corrected chi connectivity index (χ2v) is 16.1. The number of ether oxygens (including phenoxy) is 1. The summed E-state index contributed by atoms with van der Waals surface area (Å²) in [4.78, 5) is 74.5. The molecular formula is C42H53N11O5. The number of imidazole rings is 1. The zero-order valence-corrected chi connectivity index (χ0v) is 33.1. The number of aromatic nitrogens is 5. The van der Waals surface area contributed by atoms with Crippen LogP contribution in [0.15, 0.2) is 55.1 Å². The number of pyridine rings is 1. The summed E-state index contributed by atoms with van der Waals surface area (Å²) in [6.07, 6.45) is 8.82. The molecule has 1 saturated carbocycles. The molecule has 16 nitrogen and oxygen atoms in total. The lowest BCUT2D eigenvalue weighted by Gasteiger charge is -2.39. The predicted molar refractivity (Wildman–Crippen MR) is 216 cm³/mol. The number of piperazine rings is 1. The quantitative estimate of drug-likeness (QED) is 0.126. The molecule has 1 aromatic carbocycles. The first-order chi connectivity index (χ1) is 28.3. The smallest absolute Gasteiger partial charge is 0.270 e. The third-order valence-electron chi connectivity index (χ3n) is 12.1. The molecule has 4 aliphatic rings. The lowest BCUT2D eigenvalue weighted by Crippen LogP contribution is -2.49. The average Bonchev–Trinajstić information content (AvgIpc) is 3.65. The summed E-state index contributed by atoms with van der Waals surface area (Å²) >= 11 is 0. The van der Waals surface area contributed by atoms with Crippen molar-refractivity contribution in [1.82, 2.24) is 49.8 Å². The number of anilines is 1. The number of amides is 4. The van der Waals surface area contributed by atoms with Gasteiger partial charge in [0, 0.05) is 76.6 Å². The van der Waals surface area contributed by atoms with Crippen molar-refractivity contribution in [2.75, 3.05) is 70.8 Å². The highest BCUT2D eigenvalue weighted by Crippen LogP contribution is 2.35. The van der Waals surface area contributed by atoms with E-state index in [1.807, 2.05) is 42.4 Å². The number of rotatable bonds is 14. The zero-order chi connectivity index (χ0) is 40.0. The van der Waals surface area contributed by atoms with Crippen LogP contribution in [-0.4, -0.2) is 134 Å². The highest BCUT2D eigenvalue weighted by molar-refractivity contribution is 6.01. The number of carbonyl (C=O) groups excluding carboxylic acids is 4. The molecule has 4 aromatic rings. The Labute approximate surface area is 338 Å². The molecule has 6 heterocycles. The van der Waals surface area contributed by atoms with Gasteiger partial charge in [0.15, 0.2) is 18.1 Å². The Bertz CT molecular complexity index is 2100. The molecule has 0 spiro atoms. The van der Waals surface area contributed by atoms with Crippen LogP contribution in [-0.2, 0) is 14.4 Å². The van der Waals surface area contributed by atoms with E-state index >= 15 is 0 Å². The molecule has 0 bridgehead atoms. The van der Waals surface area contributed by atoms with Crippen LogP contribution in [0.2, 0.25) is 0 Å². The van der Waals surface area contributed by atoms with Crippen LogP contribution in [0.3, 0.4) is 0 Å². The molecule has 3 saturated heterocycles. The third-order valence-corrected chi connectivity index (χ3v) is 12.1. The summed E-state index contributed by atoms with van der Waals surface area (Å²) in [5.74, 6) is 0.812. The molecule has 0 unspecified atom stereocenters. The van der Waals surface area contributed by atoms with Gasteiger partial charge < -0.3 is 34.6 Å². The monoisotopic (exact) mass is 791 g/mol. The summed E-state index contributed by atoms with van der Waals surface area (Å²) < 4.78 is 7.95. The van der Waals surface area contributed by atoms with Gasteiger partial charge in [-0.3, -0.25) is 24.5 Å². The van der Waals surface area contributed by atoms with Gasteiger partial charge in [0.1, 0.15) is 23.3 Å². The number of benzene rings is 1. The SMILES string of the molecule is Cc1cccc(C(=O)NC2CC(n3cnc4c(NCCCN5CCN(CC6CCN(C(=O)COc7cccc([C@@H]8CCC(=O)NC8=O)c7)CC6)CC5)ncnc43)C2)n1. The largest absolute Gasteiger partial charge is 0.484 e. The van der Waals surface area contributed by atoms with Crippen molar-refractivity contribution in [3.63, 3.8) is 0 Å². The van der Waals surface area contributed by atoms with Crippen molar-refractivity contribution < 1.29 is 23.9 Å². The number of imide groups is 1. The Hall–Kier alpha value is -5.48. The Morgan fingerprint density at radius 2 is 1.72 bits per heavy atom. The standard InChI is InChI=1S/C42H53N11O5/c1-28-5-2-8-35(47-28)42(57)48-31-22-32(23-31)53-27-46-38-39(44-26-45-40(38)53)43-13-4-14-50-17-19-51(20-18-50)24-29-11-15-52(16-12-29)37(55)25-58-33-7-3-6-30(21-33)34-9-10-36(54)49-41(34)56/h2-3,5-8,21,26-27,29,31-32,34H,4,9-20,22-25H2,1H3,(H,48,57)(H,43,44,45)(H,49,54,56)/t31?,32?,34-/m0/s1. The van der Waals surface area contributed by atoms with E-state index in [1.54, 1.807) is 24.5 Å². The van der Waals surface area contributed by atoms with E-state index in [9.17, 15) is 19.2 Å². The highest BCUT2D eigenvalue weighted by Gasteiger charge is 2.34. The summed E-state index contributed by atoms with van der Waals surface area (Å²) in [5, 5.41) is 9.00. The number of fused-ring (bicyclic) bond motifs is 1. The number of aryl methyl sites for hydroxylation is 1. The van der Waals surface area contributed by atoms with Gasteiger partial charge in [-0.2, -0.15) is 0 Å². The van der Waals surface area contributed by atoms with E-state index in [0.717, 1.165) is 119 Å². The fraction of sp³-hybridized carbons (Fsp3) is 0.524. The maximum absolute atomic E-state index is 13.0. The Morgan fingerprint density at radius 1 is 0.931 bits per heavy atom. The number of hydrogen-bond acceptors (Lipinski definition) is 12. The minimum absolute atomic E-state index is 0.0189. The van der Waals surface area contributed by atoms with E-state index in [4.69, 9.17) is 4.74 Å². The summed E-state index contributed by atoms with van der Waals surface area (Å²) in [7, 11) is 0. The van der Waals surface area contributed by atoms with Gasteiger partial charge in [0.2, 0.25) is 11.8 Å². The van der Waals surface area contributed by atoms with Crippen molar-refractivity contribution in [2.24, 2.45) is 5.92 Å². The molecule has 3 aromatic heterocycles. The average molecular weight is 792 g/mol. The summed E-state index contributed by atoms with van der Waals surface area (Å²) in [5.41, 5.74) is 3.64. The van der Waals surface area contributed by atoms with Crippen molar-refractivity contribution in [3.8, 4) is 5.75 Å². The van der Waals surface area contributed by atoms with Crippen LogP contribution in [0.25, 0.3) is 11.2 Å². The van der Waals surface area contributed by atoms with E-state index < -0.39 is 0 Å².